The Labute approximate surface area is 105 Å². The highest BCUT2D eigenvalue weighted by molar-refractivity contribution is 5.67. The number of nitrogens with zero attached hydrogens (tertiary/aromatic N) is 2. The third-order valence-electron chi connectivity index (χ3n) is 2.44. The number of aliphatic carboxylic acids is 1. The number of halogens is 1. The van der Waals surface area contributed by atoms with E-state index in [1.165, 1.54) is 0 Å². The van der Waals surface area contributed by atoms with Gasteiger partial charge in [0.1, 0.15) is 0 Å². The van der Waals surface area contributed by atoms with E-state index < -0.39 is 11.8 Å². The predicted octanol–water partition coefficient (Wildman–Crippen LogP) is 2.16. The smallest absolute Gasteiger partial charge is 0.303 e. The Morgan fingerprint density at radius 2 is 2.06 bits per heavy atom. The van der Waals surface area contributed by atoms with Gasteiger partial charge in [-0.2, -0.15) is 0 Å². The average Bonchev–Trinajstić information content (AvgIpc) is 2.26. The van der Waals surface area contributed by atoms with Gasteiger partial charge in [0.2, 0.25) is 5.95 Å². The molecule has 2 N–H and O–H groups in total. The molecule has 0 amide bonds. The molecule has 18 heavy (non-hydrogen) atoms. The summed E-state index contributed by atoms with van der Waals surface area (Å²) < 4.78 is 12.6. The van der Waals surface area contributed by atoms with Crippen LogP contribution in [0.4, 0.5) is 10.3 Å². The van der Waals surface area contributed by atoms with Crippen molar-refractivity contribution >= 4 is 11.9 Å². The van der Waals surface area contributed by atoms with Crippen molar-refractivity contribution in [2.24, 2.45) is 11.8 Å². The predicted molar refractivity (Wildman–Crippen MR) is 65.7 cm³/mol. The fourth-order valence-electron chi connectivity index (χ4n) is 1.79. The first-order chi connectivity index (χ1) is 8.47. The van der Waals surface area contributed by atoms with Crippen LogP contribution in [0.3, 0.4) is 0 Å². The van der Waals surface area contributed by atoms with Crippen LogP contribution in [0.25, 0.3) is 0 Å². The first-order valence-corrected chi connectivity index (χ1v) is 5.90. The van der Waals surface area contributed by atoms with E-state index in [2.05, 4.69) is 15.3 Å². The second-order valence-electron chi connectivity index (χ2n) is 4.70. The fraction of sp³-hybridized carbons (Fsp3) is 0.583. The van der Waals surface area contributed by atoms with Crippen molar-refractivity contribution in [3.05, 3.63) is 18.2 Å². The van der Waals surface area contributed by atoms with Gasteiger partial charge in [-0.3, -0.25) is 4.79 Å². The van der Waals surface area contributed by atoms with Crippen LogP contribution in [0.5, 0.6) is 0 Å². The lowest BCUT2D eigenvalue weighted by molar-refractivity contribution is -0.138. The molecule has 0 aliphatic heterocycles. The summed E-state index contributed by atoms with van der Waals surface area (Å²) in [7, 11) is 0. The first kappa shape index (κ1) is 14.3. The molecular formula is C12H18FN3O2. The van der Waals surface area contributed by atoms with E-state index in [1.54, 1.807) is 0 Å². The molecule has 0 fully saturated rings. The number of aromatic nitrogens is 2. The molecule has 1 unspecified atom stereocenters. The van der Waals surface area contributed by atoms with E-state index >= 15 is 0 Å². The molecule has 0 aromatic carbocycles. The van der Waals surface area contributed by atoms with E-state index in [9.17, 15) is 9.18 Å². The van der Waals surface area contributed by atoms with Crippen molar-refractivity contribution in [2.45, 2.75) is 26.7 Å². The highest BCUT2D eigenvalue weighted by Crippen LogP contribution is 2.16. The summed E-state index contributed by atoms with van der Waals surface area (Å²) in [5.74, 6) is -0.565. The number of carboxylic acid groups (broad SMARTS) is 1. The molecule has 0 spiro atoms. The number of carboxylic acids is 1. The van der Waals surface area contributed by atoms with Crippen LogP contribution in [0.15, 0.2) is 12.4 Å². The van der Waals surface area contributed by atoms with Crippen molar-refractivity contribution in [2.75, 3.05) is 11.9 Å². The number of nitrogens with one attached hydrogen (secondary N) is 1. The van der Waals surface area contributed by atoms with Crippen LogP contribution in [0.2, 0.25) is 0 Å². The molecule has 1 aromatic heterocycles. The Morgan fingerprint density at radius 3 is 2.56 bits per heavy atom. The number of rotatable bonds is 7. The highest BCUT2D eigenvalue weighted by atomic mass is 19.1. The normalized spacial score (nSPS) is 12.4. The summed E-state index contributed by atoms with van der Waals surface area (Å²) in [6.07, 6.45) is 3.06. The van der Waals surface area contributed by atoms with Gasteiger partial charge >= 0.3 is 5.97 Å². The summed E-state index contributed by atoms with van der Waals surface area (Å²) in [6, 6.07) is 0. The minimum atomic E-state index is -0.817. The maximum Gasteiger partial charge on any atom is 0.303 e. The van der Waals surface area contributed by atoms with E-state index in [0.29, 0.717) is 18.4 Å². The largest absolute Gasteiger partial charge is 0.481 e. The summed E-state index contributed by atoms with van der Waals surface area (Å²) in [4.78, 5) is 18.3. The summed E-state index contributed by atoms with van der Waals surface area (Å²) in [6.45, 7) is 4.56. The lowest BCUT2D eigenvalue weighted by Gasteiger charge is -2.17. The SMILES string of the molecule is CC(C)CC(CNc1ncc(F)cn1)CC(=O)O. The van der Waals surface area contributed by atoms with Crippen molar-refractivity contribution in [3.63, 3.8) is 0 Å². The second-order valence-corrected chi connectivity index (χ2v) is 4.70. The molecule has 0 bridgehead atoms. The summed E-state index contributed by atoms with van der Waals surface area (Å²) in [5, 5.41) is 11.8. The van der Waals surface area contributed by atoms with Gasteiger partial charge in [-0.25, -0.2) is 14.4 Å². The van der Waals surface area contributed by atoms with Crippen LogP contribution >= 0.6 is 0 Å². The van der Waals surface area contributed by atoms with Crippen molar-refractivity contribution in [3.8, 4) is 0 Å². The van der Waals surface area contributed by atoms with Gasteiger partial charge in [-0.05, 0) is 18.3 Å². The fourth-order valence-corrected chi connectivity index (χ4v) is 1.79. The number of anilines is 1. The number of hydrogen-bond donors (Lipinski definition) is 2. The zero-order valence-corrected chi connectivity index (χ0v) is 10.6. The van der Waals surface area contributed by atoms with Gasteiger partial charge in [-0.15, -0.1) is 0 Å². The summed E-state index contributed by atoms with van der Waals surface area (Å²) >= 11 is 0. The van der Waals surface area contributed by atoms with Gasteiger partial charge in [0, 0.05) is 13.0 Å². The molecule has 0 saturated heterocycles. The van der Waals surface area contributed by atoms with Crippen molar-refractivity contribution in [1.29, 1.82) is 0 Å². The van der Waals surface area contributed by atoms with Gasteiger partial charge < -0.3 is 10.4 Å². The number of carbonyl (C=O) groups is 1. The summed E-state index contributed by atoms with van der Waals surface area (Å²) in [5.41, 5.74) is 0. The van der Waals surface area contributed by atoms with E-state index in [-0.39, 0.29) is 12.3 Å². The zero-order valence-electron chi connectivity index (χ0n) is 10.6. The molecule has 0 aliphatic carbocycles. The standard InChI is InChI=1S/C12H18FN3O2/c1-8(2)3-9(4-11(17)18)5-14-12-15-6-10(13)7-16-12/h6-9H,3-5H2,1-2H3,(H,17,18)(H,14,15,16). The topological polar surface area (TPSA) is 75.1 Å². The van der Waals surface area contributed by atoms with Crippen LogP contribution in [-0.4, -0.2) is 27.6 Å². The average molecular weight is 255 g/mol. The van der Waals surface area contributed by atoms with E-state index in [1.807, 2.05) is 13.8 Å². The van der Waals surface area contributed by atoms with Crippen molar-refractivity contribution in [1.82, 2.24) is 9.97 Å². The van der Waals surface area contributed by atoms with Gasteiger partial charge in [0.05, 0.1) is 12.4 Å². The second kappa shape index (κ2) is 6.88. The molecule has 6 heteroatoms. The van der Waals surface area contributed by atoms with Crippen LogP contribution in [0.1, 0.15) is 26.7 Å². The molecule has 5 nitrogen and oxygen atoms in total. The molecule has 1 rings (SSSR count). The van der Waals surface area contributed by atoms with E-state index in [0.717, 1.165) is 18.8 Å². The Bertz CT molecular complexity index is 381. The minimum absolute atomic E-state index is 0.0103. The molecule has 1 atom stereocenters. The Kier molecular flexibility index (Phi) is 5.48. The Balaban J connectivity index is 2.50. The Hall–Kier alpha value is -1.72. The third-order valence-corrected chi connectivity index (χ3v) is 2.44. The molecule has 100 valence electrons. The third kappa shape index (κ3) is 5.56. The van der Waals surface area contributed by atoms with Crippen LogP contribution in [0, 0.1) is 17.7 Å². The number of hydrogen-bond acceptors (Lipinski definition) is 4. The van der Waals surface area contributed by atoms with Gasteiger partial charge in [0.15, 0.2) is 5.82 Å². The maximum atomic E-state index is 12.6. The van der Waals surface area contributed by atoms with Crippen molar-refractivity contribution < 1.29 is 14.3 Å². The quantitative estimate of drug-likeness (QED) is 0.781. The molecule has 1 aromatic rings. The molecule has 0 radical (unpaired) electrons. The highest BCUT2D eigenvalue weighted by Gasteiger charge is 2.15. The van der Waals surface area contributed by atoms with E-state index in [4.69, 9.17) is 5.11 Å². The lowest BCUT2D eigenvalue weighted by Crippen LogP contribution is -2.20. The molecule has 0 aliphatic rings. The van der Waals surface area contributed by atoms with Gasteiger partial charge in [-0.1, -0.05) is 13.8 Å². The monoisotopic (exact) mass is 255 g/mol. The van der Waals surface area contributed by atoms with Gasteiger partial charge in [0.25, 0.3) is 0 Å². The molecule has 0 saturated carbocycles. The molecule has 1 heterocycles. The Morgan fingerprint density at radius 1 is 1.44 bits per heavy atom. The maximum absolute atomic E-state index is 12.6. The lowest BCUT2D eigenvalue weighted by atomic mass is 9.94. The molecular weight excluding hydrogens is 237 g/mol. The minimum Gasteiger partial charge on any atom is -0.481 e. The zero-order chi connectivity index (χ0) is 13.5. The van der Waals surface area contributed by atoms with Crippen LogP contribution < -0.4 is 5.32 Å². The van der Waals surface area contributed by atoms with Crippen LogP contribution in [-0.2, 0) is 4.79 Å². The first-order valence-electron chi connectivity index (χ1n) is 5.90.